The van der Waals surface area contributed by atoms with Gasteiger partial charge in [-0.2, -0.15) is 4.52 Å². The number of hydrogen-bond donors (Lipinski definition) is 0. The largest absolute Gasteiger partial charge is 0.356 e. The molecule has 0 aliphatic heterocycles. The highest BCUT2D eigenvalue weighted by Crippen LogP contribution is 2.32. The van der Waals surface area contributed by atoms with Gasteiger partial charge in [0.2, 0.25) is 0 Å². The Balaban J connectivity index is 2.02. The Labute approximate surface area is 167 Å². The van der Waals surface area contributed by atoms with Crippen LogP contribution in [0.1, 0.15) is 26.7 Å². The average molecular weight is 398 g/mol. The molecule has 2 aromatic heterocycles. The number of rotatable bonds is 6. The Kier molecular flexibility index (Phi) is 5.13. The van der Waals surface area contributed by atoms with Crippen molar-refractivity contribution >= 4 is 34.0 Å². The van der Waals surface area contributed by atoms with Crippen molar-refractivity contribution in [3.8, 4) is 11.3 Å². The molecule has 5 nitrogen and oxygen atoms in total. The highest BCUT2D eigenvalue weighted by atomic mass is 35.5. The monoisotopic (exact) mass is 397 g/mol. The highest BCUT2D eigenvalue weighted by Gasteiger charge is 2.19. The van der Waals surface area contributed by atoms with Gasteiger partial charge in [0, 0.05) is 29.1 Å². The summed E-state index contributed by atoms with van der Waals surface area (Å²) in [5, 5.41) is 10.2. The molecule has 0 amide bonds. The maximum atomic E-state index is 13.8. The summed E-state index contributed by atoms with van der Waals surface area (Å²) in [5.74, 6) is 0.540. The number of benzene rings is 2. The zero-order chi connectivity index (χ0) is 19.7. The normalized spacial score (nSPS) is 11.4. The van der Waals surface area contributed by atoms with E-state index in [4.69, 9.17) is 16.6 Å². The standard InChI is InChI=1S/C21H21ClFN5/c1-3-10-27(11-4-2)20-17-13-15(22)8-9-18(17)28-21(24-20)19(25-26-28)14-6-5-7-16(23)12-14/h5-9,12-13H,3-4,10-11H2,1-2H3. The second-order valence-corrected chi connectivity index (χ2v) is 7.20. The molecule has 0 fully saturated rings. The van der Waals surface area contributed by atoms with Crippen LogP contribution in [0.25, 0.3) is 27.8 Å². The van der Waals surface area contributed by atoms with Crippen LogP contribution in [0.5, 0.6) is 0 Å². The van der Waals surface area contributed by atoms with Crippen molar-refractivity contribution in [1.82, 2.24) is 19.8 Å². The van der Waals surface area contributed by atoms with Gasteiger partial charge in [-0.15, -0.1) is 5.10 Å². The van der Waals surface area contributed by atoms with E-state index in [-0.39, 0.29) is 5.82 Å². The fourth-order valence-corrected chi connectivity index (χ4v) is 3.67. The number of halogens is 2. The van der Waals surface area contributed by atoms with Crippen LogP contribution in [-0.2, 0) is 0 Å². The van der Waals surface area contributed by atoms with Gasteiger partial charge in [0.25, 0.3) is 0 Å². The minimum absolute atomic E-state index is 0.315. The number of hydrogen-bond acceptors (Lipinski definition) is 4. The van der Waals surface area contributed by atoms with Gasteiger partial charge in [-0.3, -0.25) is 0 Å². The molecule has 7 heteroatoms. The molecular formula is C21H21ClFN5. The fourth-order valence-electron chi connectivity index (χ4n) is 3.50. The summed E-state index contributed by atoms with van der Waals surface area (Å²) in [6.45, 7) is 6.06. The van der Waals surface area contributed by atoms with Gasteiger partial charge in [-0.1, -0.05) is 42.8 Å². The molecular weight excluding hydrogens is 377 g/mol. The lowest BCUT2D eigenvalue weighted by Gasteiger charge is -2.24. The molecule has 0 atom stereocenters. The molecule has 0 spiro atoms. The highest BCUT2D eigenvalue weighted by molar-refractivity contribution is 6.31. The Hall–Kier alpha value is -2.73. The molecule has 0 unspecified atom stereocenters. The van der Waals surface area contributed by atoms with E-state index in [2.05, 4.69) is 29.1 Å². The first-order chi connectivity index (χ1) is 13.6. The predicted molar refractivity (Wildman–Crippen MR) is 111 cm³/mol. The zero-order valence-electron chi connectivity index (χ0n) is 15.9. The number of fused-ring (bicyclic) bond motifs is 3. The molecule has 144 valence electrons. The smallest absolute Gasteiger partial charge is 0.186 e. The predicted octanol–water partition coefficient (Wildman–Crippen LogP) is 5.36. The maximum absolute atomic E-state index is 13.8. The van der Waals surface area contributed by atoms with E-state index in [9.17, 15) is 4.39 Å². The zero-order valence-corrected chi connectivity index (χ0v) is 16.6. The lowest BCUT2D eigenvalue weighted by atomic mass is 10.1. The first-order valence-electron chi connectivity index (χ1n) is 9.48. The quantitative estimate of drug-likeness (QED) is 0.439. The second kappa shape index (κ2) is 7.72. The van der Waals surface area contributed by atoms with E-state index in [1.165, 1.54) is 12.1 Å². The van der Waals surface area contributed by atoms with Gasteiger partial charge in [0.1, 0.15) is 17.3 Å². The molecule has 0 saturated heterocycles. The SMILES string of the molecule is CCCN(CCC)c1nc2c(-c3cccc(F)c3)nnn2c2ccc(Cl)cc12. The van der Waals surface area contributed by atoms with Crippen molar-refractivity contribution in [3.05, 3.63) is 53.3 Å². The number of nitrogens with zero attached hydrogens (tertiary/aromatic N) is 5. The van der Waals surface area contributed by atoms with Gasteiger partial charge in [0.05, 0.1) is 5.52 Å². The lowest BCUT2D eigenvalue weighted by Crippen LogP contribution is -2.26. The summed E-state index contributed by atoms with van der Waals surface area (Å²) in [5.41, 5.74) is 2.69. The van der Waals surface area contributed by atoms with E-state index in [1.54, 1.807) is 10.6 Å². The van der Waals surface area contributed by atoms with E-state index in [0.717, 1.165) is 42.7 Å². The summed E-state index contributed by atoms with van der Waals surface area (Å²) >= 11 is 6.29. The van der Waals surface area contributed by atoms with Gasteiger partial charge < -0.3 is 4.90 Å². The Bertz CT molecular complexity index is 1130. The van der Waals surface area contributed by atoms with Crippen LogP contribution in [0.4, 0.5) is 10.2 Å². The minimum atomic E-state index is -0.315. The molecule has 0 N–H and O–H groups in total. The minimum Gasteiger partial charge on any atom is -0.356 e. The number of aromatic nitrogens is 4. The molecule has 28 heavy (non-hydrogen) atoms. The van der Waals surface area contributed by atoms with Crippen LogP contribution in [-0.4, -0.2) is 32.9 Å². The van der Waals surface area contributed by atoms with Crippen LogP contribution < -0.4 is 4.90 Å². The van der Waals surface area contributed by atoms with E-state index >= 15 is 0 Å². The van der Waals surface area contributed by atoms with Crippen LogP contribution in [0.3, 0.4) is 0 Å². The third-order valence-corrected chi connectivity index (χ3v) is 4.91. The summed E-state index contributed by atoms with van der Waals surface area (Å²) in [7, 11) is 0. The van der Waals surface area contributed by atoms with Crippen LogP contribution >= 0.6 is 11.6 Å². The van der Waals surface area contributed by atoms with Crippen molar-refractivity contribution in [2.45, 2.75) is 26.7 Å². The van der Waals surface area contributed by atoms with Crippen molar-refractivity contribution in [3.63, 3.8) is 0 Å². The molecule has 0 aliphatic carbocycles. The van der Waals surface area contributed by atoms with Crippen LogP contribution in [0.15, 0.2) is 42.5 Å². The lowest BCUT2D eigenvalue weighted by molar-refractivity contribution is 0.628. The first-order valence-corrected chi connectivity index (χ1v) is 9.85. The van der Waals surface area contributed by atoms with Crippen LogP contribution in [0.2, 0.25) is 5.02 Å². The summed E-state index contributed by atoms with van der Waals surface area (Å²) in [4.78, 5) is 7.20. The van der Waals surface area contributed by atoms with Gasteiger partial charge in [-0.05, 0) is 43.2 Å². The summed E-state index contributed by atoms with van der Waals surface area (Å²) in [6.07, 6.45) is 2.01. The Morgan fingerprint density at radius 3 is 2.57 bits per heavy atom. The van der Waals surface area contributed by atoms with Crippen molar-refractivity contribution in [2.75, 3.05) is 18.0 Å². The van der Waals surface area contributed by atoms with Crippen molar-refractivity contribution in [2.24, 2.45) is 0 Å². The molecule has 0 radical (unpaired) electrons. The van der Waals surface area contributed by atoms with Crippen LogP contribution in [0, 0.1) is 5.82 Å². The van der Waals surface area contributed by atoms with Gasteiger partial charge in [0.15, 0.2) is 5.65 Å². The number of anilines is 1. The average Bonchev–Trinajstić information content (AvgIpc) is 3.11. The summed E-state index contributed by atoms with van der Waals surface area (Å²) in [6, 6.07) is 12.0. The fraction of sp³-hybridized carbons (Fsp3) is 0.286. The Morgan fingerprint density at radius 2 is 1.86 bits per heavy atom. The van der Waals surface area contributed by atoms with E-state index < -0.39 is 0 Å². The maximum Gasteiger partial charge on any atom is 0.186 e. The topological polar surface area (TPSA) is 46.3 Å². The molecule has 0 bridgehead atoms. The third-order valence-electron chi connectivity index (χ3n) is 4.67. The van der Waals surface area contributed by atoms with Crippen molar-refractivity contribution in [1.29, 1.82) is 0 Å². The molecule has 4 aromatic rings. The van der Waals surface area contributed by atoms with Gasteiger partial charge in [-0.25, -0.2) is 9.37 Å². The van der Waals surface area contributed by atoms with E-state index in [0.29, 0.717) is 21.9 Å². The molecule has 2 heterocycles. The molecule has 2 aromatic carbocycles. The third kappa shape index (κ3) is 3.29. The molecule has 4 rings (SSSR count). The second-order valence-electron chi connectivity index (χ2n) is 6.77. The first kappa shape index (κ1) is 18.6. The molecule has 0 saturated carbocycles. The molecule has 0 aliphatic rings. The Morgan fingerprint density at radius 1 is 1.07 bits per heavy atom. The van der Waals surface area contributed by atoms with Crippen molar-refractivity contribution < 1.29 is 4.39 Å². The van der Waals surface area contributed by atoms with E-state index in [1.807, 2.05) is 24.3 Å². The summed E-state index contributed by atoms with van der Waals surface area (Å²) < 4.78 is 15.5. The van der Waals surface area contributed by atoms with Gasteiger partial charge >= 0.3 is 0 Å².